The number of anilines is 5. The van der Waals surface area contributed by atoms with Crippen molar-refractivity contribution in [2.45, 2.75) is 11.1 Å². The molecule has 0 spiro atoms. The number of benzene rings is 2. The van der Waals surface area contributed by atoms with Crippen LogP contribution < -0.4 is 25.0 Å². The molecule has 0 saturated carbocycles. The Bertz CT molecular complexity index is 1360. The number of nitrogens with one attached hydrogen (secondary N) is 3. The highest BCUT2D eigenvalue weighted by Crippen LogP contribution is 2.39. The van der Waals surface area contributed by atoms with Gasteiger partial charge < -0.3 is 25.0 Å². The van der Waals surface area contributed by atoms with Gasteiger partial charge in [0.2, 0.25) is 10.0 Å². The van der Waals surface area contributed by atoms with E-state index in [1.807, 2.05) is 12.1 Å². The first-order valence-electron chi connectivity index (χ1n) is 11.3. The fourth-order valence-electron chi connectivity index (χ4n) is 3.85. The molecule has 3 aromatic rings. The van der Waals surface area contributed by atoms with Crippen molar-refractivity contribution in [1.82, 2.24) is 9.71 Å². The zero-order valence-corrected chi connectivity index (χ0v) is 20.9. The smallest absolute Gasteiger partial charge is 0.419 e. The number of halogens is 3. The summed E-state index contributed by atoms with van der Waals surface area (Å²) in [6.45, 7) is 2.70. The van der Waals surface area contributed by atoms with Crippen LogP contribution in [-0.2, 0) is 20.9 Å². The van der Waals surface area contributed by atoms with E-state index in [1.165, 1.54) is 44.5 Å². The first-order chi connectivity index (χ1) is 17.6. The van der Waals surface area contributed by atoms with Crippen LogP contribution in [0.2, 0.25) is 0 Å². The Labute approximate surface area is 212 Å². The molecular weight excluding hydrogens is 511 g/mol. The average molecular weight is 538 g/mol. The van der Waals surface area contributed by atoms with E-state index in [0.717, 1.165) is 18.8 Å². The molecule has 0 bridgehead atoms. The number of nitrogens with zero attached hydrogens (tertiary/aromatic N) is 2. The SMILES string of the molecule is CNS(=O)(=O)c1ccccc1Nc1cc(Nc2ccc(N3CCOCC3)cc2OC)ncc1C(F)(F)F. The number of hydrogen-bond donors (Lipinski definition) is 3. The molecule has 4 rings (SSSR count). The molecule has 1 aromatic heterocycles. The van der Waals surface area contributed by atoms with Gasteiger partial charge in [0, 0.05) is 37.1 Å². The van der Waals surface area contributed by atoms with Crippen LogP contribution in [0.5, 0.6) is 5.75 Å². The topological polar surface area (TPSA) is 105 Å². The fourth-order valence-corrected chi connectivity index (χ4v) is 4.74. The van der Waals surface area contributed by atoms with Gasteiger partial charge in [0.05, 0.1) is 42.9 Å². The van der Waals surface area contributed by atoms with Crippen LogP contribution >= 0.6 is 0 Å². The molecule has 0 radical (unpaired) electrons. The Kier molecular flexibility index (Phi) is 7.76. The first kappa shape index (κ1) is 26.5. The molecule has 1 aliphatic rings. The minimum atomic E-state index is -4.73. The lowest BCUT2D eigenvalue weighted by Gasteiger charge is -2.29. The molecule has 0 unspecified atom stereocenters. The minimum Gasteiger partial charge on any atom is -0.494 e. The Hall–Kier alpha value is -3.55. The number of morpholine rings is 1. The second-order valence-corrected chi connectivity index (χ2v) is 9.91. The first-order valence-corrected chi connectivity index (χ1v) is 12.8. The number of pyridine rings is 1. The van der Waals surface area contributed by atoms with Crippen molar-refractivity contribution in [3.63, 3.8) is 0 Å². The summed E-state index contributed by atoms with van der Waals surface area (Å²) in [5.74, 6) is 0.576. The maximum atomic E-state index is 13.8. The molecule has 0 amide bonds. The van der Waals surface area contributed by atoms with Gasteiger partial charge in [-0.05, 0) is 31.3 Å². The van der Waals surface area contributed by atoms with Crippen LogP contribution in [0, 0.1) is 0 Å². The Morgan fingerprint density at radius 1 is 1.00 bits per heavy atom. The highest BCUT2D eigenvalue weighted by molar-refractivity contribution is 7.89. The molecule has 1 fully saturated rings. The molecule has 37 heavy (non-hydrogen) atoms. The quantitative estimate of drug-likeness (QED) is 0.390. The normalized spacial score (nSPS) is 14.4. The third-order valence-corrected chi connectivity index (χ3v) is 7.22. The summed E-state index contributed by atoms with van der Waals surface area (Å²) in [5, 5.41) is 5.62. The minimum absolute atomic E-state index is 0.0213. The van der Waals surface area contributed by atoms with Crippen molar-refractivity contribution in [3.8, 4) is 5.75 Å². The highest BCUT2D eigenvalue weighted by atomic mass is 32.2. The van der Waals surface area contributed by atoms with Gasteiger partial charge in [0.15, 0.2) is 0 Å². The number of ether oxygens (including phenoxy) is 2. The molecule has 198 valence electrons. The van der Waals surface area contributed by atoms with E-state index in [0.29, 0.717) is 30.8 Å². The van der Waals surface area contributed by atoms with Gasteiger partial charge in [-0.3, -0.25) is 0 Å². The summed E-state index contributed by atoms with van der Waals surface area (Å²) >= 11 is 0. The number of para-hydroxylation sites is 1. The van der Waals surface area contributed by atoms with Gasteiger partial charge >= 0.3 is 6.18 Å². The lowest BCUT2D eigenvalue weighted by molar-refractivity contribution is -0.137. The van der Waals surface area contributed by atoms with Crippen molar-refractivity contribution >= 4 is 38.6 Å². The van der Waals surface area contributed by atoms with Gasteiger partial charge in [-0.1, -0.05) is 12.1 Å². The number of rotatable bonds is 8. The molecule has 3 N–H and O–H groups in total. The summed E-state index contributed by atoms with van der Waals surface area (Å²) < 4.78 is 79.2. The molecule has 9 nitrogen and oxygen atoms in total. The van der Waals surface area contributed by atoms with Crippen LogP contribution in [0.1, 0.15) is 5.56 Å². The van der Waals surface area contributed by atoms with Crippen molar-refractivity contribution in [2.75, 3.05) is 56.0 Å². The molecule has 0 atom stereocenters. The van der Waals surface area contributed by atoms with E-state index >= 15 is 0 Å². The summed E-state index contributed by atoms with van der Waals surface area (Å²) in [5.41, 5.74) is -0.0180. The van der Waals surface area contributed by atoms with Gasteiger partial charge in [0.1, 0.15) is 16.5 Å². The van der Waals surface area contributed by atoms with Crippen molar-refractivity contribution in [3.05, 3.63) is 60.3 Å². The summed E-state index contributed by atoms with van der Waals surface area (Å²) in [6, 6.07) is 12.3. The largest absolute Gasteiger partial charge is 0.494 e. The second-order valence-electron chi connectivity index (χ2n) is 8.05. The Balaban J connectivity index is 1.68. The number of alkyl halides is 3. The van der Waals surface area contributed by atoms with Gasteiger partial charge in [-0.25, -0.2) is 18.1 Å². The van der Waals surface area contributed by atoms with E-state index < -0.39 is 21.8 Å². The third-order valence-electron chi connectivity index (χ3n) is 5.75. The van der Waals surface area contributed by atoms with Crippen LogP contribution in [-0.4, -0.2) is 53.9 Å². The van der Waals surface area contributed by atoms with Gasteiger partial charge in [0.25, 0.3) is 0 Å². The maximum absolute atomic E-state index is 13.8. The lowest BCUT2D eigenvalue weighted by Crippen LogP contribution is -2.36. The fraction of sp³-hybridized carbons (Fsp3) is 0.292. The van der Waals surface area contributed by atoms with Crippen LogP contribution in [0.15, 0.2) is 59.6 Å². The van der Waals surface area contributed by atoms with Crippen LogP contribution in [0.3, 0.4) is 0 Å². The van der Waals surface area contributed by atoms with Crippen molar-refractivity contribution in [2.24, 2.45) is 0 Å². The number of aromatic nitrogens is 1. The van der Waals surface area contributed by atoms with E-state index in [4.69, 9.17) is 9.47 Å². The molecule has 0 aliphatic carbocycles. The van der Waals surface area contributed by atoms with Gasteiger partial charge in [-0.15, -0.1) is 0 Å². The molecule has 1 saturated heterocycles. The monoisotopic (exact) mass is 537 g/mol. The Morgan fingerprint density at radius 2 is 1.73 bits per heavy atom. The zero-order chi connectivity index (χ0) is 26.6. The van der Waals surface area contributed by atoms with Crippen molar-refractivity contribution in [1.29, 1.82) is 0 Å². The van der Waals surface area contributed by atoms with Crippen molar-refractivity contribution < 1.29 is 31.1 Å². The van der Waals surface area contributed by atoms with Crippen LogP contribution in [0.4, 0.5) is 41.7 Å². The predicted octanol–water partition coefficient (Wildman–Crippen LogP) is 4.34. The molecule has 13 heteroatoms. The van der Waals surface area contributed by atoms with E-state index in [9.17, 15) is 21.6 Å². The molecule has 1 aliphatic heterocycles. The van der Waals surface area contributed by atoms with E-state index in [-0.39, 0.29) is 22.1 Å². The van der Waals surface area contributed by atoms with E-state index in [1.54, 1.807) is 6.07 Å². The highest BCUT2D eigenvalue weighted by Gasteiger charge is 2.35. The number of methoxy groups -OCH3 is 1. The molecule has 2 aromatic carbocycles. The van der Waals surface area contributed by atoms with Crippen LogP contribution in [0.25, 0.3) is 0 Å². The van der Waals surface area contributed by atoms with E-state index in [2.05, 4.69) is 25.2 Å². The standard InChI is InChI=1S/C24H26F3N5O4S/c1-28-37(33,34)22-6-4-3-5-19(22)30-20-14-23(29-15-17(20)24(25,26)27)31-18-8-7-16(13-21(18)35-2)32-9-11-36-12-10-32/h3-8,13-15,28H,9-12H2,1-2H3,(H2,29,30,31). The molecular formula is C24H26F3N5O4S. The predicted molar refractivity (Wildman–Crippen MR) is 135 cm³/mol. The number of sulfonamides is 1. The zero-order valence-electron chi connectivity index (χ0n) is 20.1. The maximum Gasteiger partial charge on any atom is 0.419 e. The van der Waals surface area contributed by atoms with Gasteiger partial charge in [-0.2, -0.15) is 13.2 Å². The Morgan fingerprint density at radius 3 is 2.41 bits per heavy atom. The second kappa shape index (κ2) is 10.8. The average Bonchev–Trinajstić information content (AvgIpc) is 2.89. The third kappa shape index (κ3) is 6.06. The molecule has 2 heterocycles. The summed E-state index contributed by atoms with van der Waals surface area (Å²) in [7, 11) is -1.21. The summed E-state index contributed by atoms with van der Waals surface area (Å²) in [4.78, 5) is 5.88. The lowest BCUT2D eigenvalue weighted by atomic mass is 10.2. The summed E-state index contributed by atoms with van der Waals surface area (Å²) in [6.07, 6.45) is -4.05. The number of hydrogen-bond acceptors (Lipinski definition) is 8.